The summed E-state index contributed by atoms with van der Waals surface area (Å²) in [5, 5.41) is 3.36. The average Bonchev–Trinajstić information content (AvgIpc) is 3.08. The summed E-state index contributed by atoms with van der Waals surface area (Å²) in [6, 6.07) is 17.8. The molecule has 0 aliphatic carbocycles. The molecule has 0 saturated carbocycles. The maximum atomic E-state index is 5.87. The number of hydrogen-bond donors (Lipinski definition) is 1. The van der Waals surface area contributed by atoms with Crippen LogP contribution in [0.2, 0.25) is 0 Å². The van der Waals surface area contributed by atoms with Crippen LogP contribution in [-0.2, 0) is 6.54 Å². The van der Waals surface area contributed by atoms with E-state index in [4.69, 9.17) is 9.15 Å². The fourth-order valence-electron chi connectivity index (χ4n) is 2.26. The monoisotopic (exact) mass is 386 g/mol. The number of nitrogens with one attached hydrogen (secondary N) is 1. The number of rotatable bonds is 8. The third-order valence-corrected chi connectivity index (χ3v) is 4.00. The van der Waals surface area contributed by atoms with E-state index >= 15 is 0 Å². The minimum Gasteiger partial charge on any atom is -0.478 e. The van der Waals surface area contributed by atoms with Crippen molar-refractivity contribution in [3.05, 3.63) is 71.0 Å². The van der Waals surface area contributed by atoms with Crippen LogP contribution in [0, 0.1) is 0 Å². The van der Waals surface area contributed by atoms with Gasteiger partial charge in [0.2, 0.25) is 5.88 Å². The van der Waals surface area contributed by atoms with Gasteiger partial charge in [0.05, 0.1) is 13.2 Å². The molecular formula is C19H19BrN2O2. The van der Waals surface area contributed by atoms with Crippen LogP contribution in [0.25, 0.3) is 11.3 Å². The molecule has 0 spiro atoms. The molecule has 0 atom stereocenters. The maximum Gasteiger partial charge on any atom is 0.213 e. The van der Waals surface area contributed by atoms with Crippen molar-refractivity contribution >= 4 is 15.9 Å². The molecule has 2 aromatic heterocycles. The Morgan fingerprint density at radius 2 is 1.92 bits per heavy atom. The molecule has 0 radical (unpaired) electrons. The summed E-state index contributed by atoms with van der Waals surface area (Å²) in [7, 11) is 0. The third-order valence-electron chi connectivity index (χ3n) is 3.48. The summed E-state index contributed by atoms with van der Waals surface area (Å²) in [5.74, 6) is 2.49. The van der Waals surface area contributed by atoms with Gasteiger partial charge in [-0.25, -0.2) is 4.98 Å². The Kier molecular flexibility index (Phi) is 6.04. The van der Waals surface area contributed by atoms with Crippen LogP contribution in [-0.4, -0.2) is 18.1 Å². The molecule has 0 saturated heterocycles. The molecule has 0 bridgehead atoms. The lowest BCUT2D eigenvalue weighted by atomic mass is 10.2. The zero-order valence-electron chi connectivity index (χ0n) is 13.2. The van der Waals surface area contributed by atoms with E-state index in [2.05, 4.69) is 26.2 Å². The van der Waals surface area contributed by atoms with Crippen molar-refractivity contribution in [3.8, 4) is 17.2 Å². The lowest BCUT2D eigenvalue weighted by Crippen LogP contribution is -2.16. The molecule has 0 amide bonds. The second-order valence-corrected chi connectivity index (χ2v) is 6.24. The van der Waals surface area contributed by atoms with Gasteiger partial charge >= 0.3 is 0 Å². The molecule has 4 nitrogen and oxygen atoms in total. The van der Waals surface area contributed by atoms with E-state index < -0.39 is 0 Å². The van der Waals surface area contributed by atoms with Crippen molar-refractivity contribution in [1.82, 2.24) is 10.3 Å². The number of pyridine rings is 1. The Morgan fingerprint density at radius 1 is 1.04 bits per heavy atom. The first-order valence-corrected chi connectivity index (χ1v) is 8.70. The number of ether oxygens (including phenoxy) is 1. The fourth-order valence-corrected chi connectivity index (χ4v) is 2.52. The number of furan rings is 1. The fraction of sp³-hybridized carbons (Fsp3) is 0.211. The molecule has 3 rings (SSSR count). The molecule has 124 valence electrons. The Bertz CT molecular complexity index is 742. The van der Waals surface area contributed by atoms with Crippen molar-refractivity contribution < 1.29 is 9.15 Å². The van der Waals surface area contributed by atoms with E-state index in [0.717, 1.165) is 34.5 Å². The summed E-state index contributed by atoms with van der Waals surface area (Å²) < 4.78 is 12.5. The highest BCUT2D eigenvalue weighted by molar-refractivity contribution is 9.10. The third kappa shape index (κ3) is 4.94. The smallest absolute Gasteiger partial charge is 0.213 e. The van der Waals surface area contributed by atoms with Crippen LogP contribution in [0.15, 0.2) is 69.7 Å². The van der Waals surface area contributed by atoms with Crippen LogP contribution in [0.5, 0.6) is 5.88 Å². The summed E-state index contributed by atoms with van der Waals surface area (Å²) in [4.78, 5) is 4.12. The van der Waals surface area contributed by atoms with Gasteiger partial charge in [-0.15, -0.1) is 0 Å². The van der Waals surface area contributed by atoms with E-state index in [1.54, 1.807) is 6.20 Å². The predicted molar refractivity (Wildman–Crippen MR) is 97.9 cm³/mol. The van der Waals surface area contributed by atoms with Crippen molar-refractivity contribution in [1.29, 1.82) is 0 Å². The topological polar surface area (TPSA) is 47.3 Å². The van der Waals surface area contributed by atoms with Crippen LogP contribution in [0.4, 0.5) is 0 Å². The maximum absolute atomic E-state index is 5.87. The first-order chi connectivity index (χ1) is 11.8. The number of halogens is 1. The highest BCUT2D eigenvalue weighted by Crippen LogP contribution is 2.23. The number of hydrogen-bond acceptors (Lipinski definition) is 4. The lowest BCUT2D eigenvalue weighted by Gasteiger charge is -2.05. The average molecular weight is 387 g/mol. The van der Waals surface area contributed by atoms with E-state index in [-0.39, 0.29) is 0 Å². The highest BCUT2D eigenvalue weighted by Gasteiger charge is 2.04. The highest BCUT2D eigenvalue weighted by atomic mass is 79.9. The minimum atomic E-state index is 0.645. The predicted octanol–water partition coefficient (Wildman–Crippen LogP) is 4.66. The Hall–Kier alpha value is -2.11. The second-order valence-electron chi connectivity index (χ2n) is 5.32. The standard InChI is InChI=1S/C19H19BrN2O2/c20-16-7-5-15(6-8-16)18-10-9-17(24-18)14-21-11-3-13-23-19-4-1-2-12-22-19/h1-2,4-10,12,21H,3,11,13-14H2. The first kappa shape index (κ1) is 16.7. The Labute approximate surface area is 150 Å². The van der Waals surface area contributed by atoms with Crippen molar-refractivity contribution in [2.45, 2.75) is 13.0 Å². The Morgan fingerprint density at radius 3 is 2.71 bits per heavy atom. The van der Waals surface area contributed by atoms with Gasteiger partial charge in [0.25, 0.3) is 0 Å². The molecule has 0 unspecified atom stereocenters. The molecular weight excluding hydrogens is 368 g/mol. The van der Waals surface area contributed by atoms with Gasteiger partial charge in [-0.05, 0) is 43.3 Å². The number of aromatic nitrogens is 1. The van der Waals surface area contributed by atoms with Crippen LogP contribution in [0.3, 0.4) is 0 Å². The van der Waals surface area contributed by atoms with Gasteiger partial charge < -0.3 is 14.5 Å². The van der Waals surface area contributed by atoms with Gasteiger partial charge in [-0.2, -0.15) is 0 Å². The number of nitrogens with zero attached hydrogens (tertiary/aromatic N) is 1. The summed E-state index contributed by atoms with van der Waals surface area (Å²) in [6.07, 6.45) is 2.64. The number of benzene rings is 1. The second kappa shape index (κ2) is 8.66. The molecule has 24 heavy (non-hydrogen) atoms. The van der Waals surface area contributed by atoms with Crippen molar-refractivity contribution in [2.24, 2.45) is 0 Å². The van der Waals surface area contributed by atoms with Crippen molar-refractivity contribution in [3.63, 3.8) is 0 Å². The molecule has 3 aromatic rings. The van der Waals surface area contributed by atoms with E-state index in [1.807, 2.05) is 54.6 Å². The summed E-state index contributed by atoms with van der Waals surface area (Å²) >= 11 is 3.44. The zero-order valence-corrected chi connectivity index (χ0v) is 14.8. The molecule has 1 aromatic carbocycles. The van der Waals surface area contributed by atoms with Crippen molar-refractivity contribution in [2.75, 3.05) is 13.2 Å². The molecule has 0 fully saturated rings. The Balaban J connectivity index is 1.37. The molecule has 0 aliphatic heterocycles. The first-order valence-electron chi connectivity index (χ1n) is 7.90. The van der Waals surface area contributed by atoms with Gasteiger partial charge in [0.15, 0.2) is 0 Å². The van der Waals surface area contributed by atoms with Crippen LogP contribution >= 0.6 is 15.9 Å². The van der Waals surface area contributed by atoms with Gasteiger partial charge in [-0.1, -0.05) is 34.1 Å². The largest absolute Gasteiger partial charge is 0.478 e. The van der Waals surface area contributed by atoms with E-state index in [0.29, 0.717) is 19.0 Å². The minimum absolute atomic E-state index is 0.645. The quantitative estimate of drug-likeness (QED) is 0.571. The molecule has 5 heteroatoms. The SMILES string of the molecule is Brc1ccc(-c2ccc(CNCCCOc3ccccn3)o2)cc1. The molecule has 0 aliphatic rings. The zero-order chi connectivity index (χ0) is 16.6. The normalized spacial score (nSPS) is 10.7. The van der Waals surface area contributed by atoms with Crippen LogP contribution in [0.1, 0.15) is 12.2 Å². The van der Waals surface area contributed by atoms with Gasteiger partial charge in [0.1, 0.15) is 11.5 Å². The van der Waals surface area contributed by atoms with Crippen LogP contribution < -0.4 is 10.1 Å². The summed E-state index contributed by atoms with van der Waals surface area (Å²) in [6.45, 7) is 2.22. The van der Waals surface area contributed by atoms with E-state index in [9.17, 15) is 0 Å². The lowest BCUT2D eigenvalue weighted by molar-refractivity contribution is 0.296. The summed E-state index contributed by atoms with van der Waals surface area (Å²) in [5.41, 5.74) is 1.08. The molecule has 1 N–H and O–H groups in total. The van der Waals surface area contributed by atoms with Gasteiger partial charge in [0, 0.05) is 22.3 Å². The van der Waals surface area contributed by atoms with Gasteiger partial charge in [-0.3, -0.25) is 0 Å². The van der Waals surface area contributed by atoms with E-state index in [1.165, 1.54) is 0 Å². The molecule has 2 heterocycles.